The van der Waals surface area contributed by atoms with E-state index in [1.807, 2.05) is 32.0 Å². The van der Waals surface area contributed by atoms with Crippen molar-refractivity contribution in [3.05, 3.63) is 29.3 Å². The van der Waals surface area contributed by atoms with Crippen LogP contribution in [-0.4, -0.2) is 12.2 Å². The van der Waals surface area contributed by atoms with Gasteiger partial charge in [-0.25, -0.2) is 0 Å². The summed E-state index contributed by atoms with van der Waals surface area (Å²) >= 11 is 0. The Hall–Kier alpha value is -1.02. The molecule has 1 saturated carbocycles. The maximum absolute atomic E-state index is 10.4. The molecule has 2 nitrogen and oxygen atoms in total. The van der Waals surface area contributed by atoms with E-state index in [0.717, 1.165) is 29.7 Å². The van der Waals surface area contributed by atoms with Crippen LogP contribution < -0.4 is 4.74 Å². The van der Waals surface area contributed by atoms with Gasteiger partial charge < -0.3 is 9.84 Å². The number of benzene rings is 1. The molecule has 0 heterocycles. The molecule has 1 N–H and O–H groups in total. The first kappa shape index (κ1) is 10.5. The molecule has 15 heavy (non-hydrogen) atoms. The minimum Gasteiger partial charge on any atom is -0.496 e. The van der Waals surface area contributed by atoms with Crippen molar-refractivity contribution >= 4 is 0 Å². The fourth-order valence-electron chi connectivity index (χ4n) is 2.07. The Morgan fingerprint density at radius 3 is 2.53 bits per heavy atom. The van der Waals surface area contributed by atoms with Gasteiger partial charge in [0.1, 0.15) is 5.75 Å². The van der Waals surface area contributed by atoms with Crippen LogP contribution in [0.1, 0.15) is 30.9 Å². The summed E-state index contributed by atoms with van der Waals surface area (Å²) in [6.07, 6.45) is 2.27. The van der Waals surface area contributed by atoms with Gasteiger partial charge in [-0.1, -0.05) is 6.07 Å². The zero-order valence-corrected chi connectivity index (χ0v) is 9.58. The molecule has 0 amide bonds. The molecule has 1 aromatic carbocycles. The van der Waals surface area contributed by atoms with Crippen molar-refractivity contribution in [2.75, 3.05) is 7.11 Å². The Bertz CT molecular complexity index is 365. The van der Waals surface area contributed by atoms with Gasteiger partial charge in [-0.3, -0.25) is 0 Å². The summed E-state index contributed by atoms with van der Waals surface area (Å²) in [6.45, 7) is 3.91. The molecular formula is C13H18O2. The lowest BCUT2D eigenvalue weighted by atomic mass is 9.90. The molecule has 1 aliphatic rings. The molecule has 0 bridgehead atoms. The summed E-state index contributed by atoms with van der Waals surface area (Å²) in [5.41, 5.74) is 1.41. The Morgan fingerprint density at radius 2 is 2.07 bits per heavy atom. The number of hydrogen-bond acceptors (Lipinski definition) is 2. The number of methoxy groups -OCH3 is 1. The molecule has 0 aliphatic heterocycles. The molecule has 2 rings (SSSR count). The highest BCUT2D eigenvalue weighted by Gasteiger charge is 2.41. The number of aryl methyl sites for hydroxylation is 1. The summed E-state index contributed by atoms with van der Waals surface area (Å²) in [7, 11) is 1.67. The summed E-state index contributed by atoms with van der Waals surface area (Å²) < 4.78 is 5.21. The van der Waals surface area contributed by atoms with E-state index < -0.39 is 5.60 Å². The van der Waals surface area contributed by atoms with Crippen LogP contribution in [0.2, 0.25) is 0 Å². The van der Waals surface area contributed by atoms with Crippen LogP contribution in [0.5, 0.6) is 5.75 Å². The normalized spacial score (nSPS) is 19.7. The van der Waals surface area contributed by atoms with Crippen LogP contribution in [0.4, 0.5) is 0 Å². The monoisotopic (exact) mass is 206 g/mol. The average Bonchev–Trinajstić information content (AvgIpc) is 3.00. The molecule has 0 unspecified atom stereocenters. The molecule has 0 spiro atoms. The first-order valence-corrected chi connectivity index (χ1v) is 5.43. The van der Waals surface area contributed by atoms with Gasteiger partial charge in [-0.2, -0.15) is 0 Å². The van der Waals surface area contributed by atoms with Crippen molar-refractivity contribution < 1.29 is 9.84 Å². The molecule has 1 fully saturated rings. The Labute approximate surface area is 90.9 Å². The second-order valence-corrected chi connectivity index (χ2v) is 4.61. The predicted molar refractivity (Wildman–Crippen MR) is 60.0 cm³/mol. The Balaban J connectivity index is 2.32. The van der Waals surface area contributed by atoms with Crippen molar-refractivity contribution in [1.29, 1.82) is 0 Å². The second kappa shape index (κ2) is 3.53. The SMILES string of the molecule is COc1ccc([C@](C)(O)C2CC2)cc1C. The lowest BCUT2D eigenvalue weighted by molar-refractivity contribution is 0.0330. The third-order valence-electron chi connectivity index (χ3n) is 3.35. The van der Waals surface area contributed by atoms with Gasteiger partial charge in [0, 0.05) is 0 Å². The van der Waals surface area contributed by atoms with Gasteiger partial charge in [-0.05, 0) is 55.9 Å². The third kappa shape index (κ3) is 1.86. The van der Waals surface area contributed by atoms with Gasteiger partial charge in [0.25, 0.3) is 0 Å². The molecule has 2 heteroatoms. The lowest BCUT2D eigenvalue weighted by Crippen LogP contribution is -2.23. The van der Waals surface area contributed by atoms with Crippen LogP contribution in [-0.2, 0) is 5.60 Å². The molecule has 0 aromatic heterocycles. The molecule has 0 saturated heterocycles. The van der Waals surface area contributed by atoms with Crippen molar-refractivity contribution in [2.24, 2.45) is 5.92 Å². The summed E-state index contributed by atoms with van der Waals surface area (Å²) in [4.78, 5) is 0. The van der Waals surface area contributed by atoms with E-state index in [2.05, 4.69) is 0 Å². The lowest BCUT2D eigenvalue weighted by Gasteiger charge is -2.24. The van der Waals surface area contributed by atoms with Crippen LogP contribution >= 0.6 is 0 Å². The van der Waals surface area contributed by atoms with E-state index >= 15 is 0 Å². The van der Waals surface area contributed by atoms with E-state index in [1.165, 1.54) is 0 Å². The summed E-state index contributed by atoms with van der Waals surface area (Å²) in [5, 5.41) is 10.4. The van der Waals surface area contributed by atoms with E-state index in [-0.39, 0.29) is 0 Å². The van der Waals surface area contributed by atoms with E-state index in [4.69, 9.17) is 4.74 Å². The Kier molecular flexibility index (Phi) is 2.47. The van der Waals surface area contributed by atoms with Gasteiger partial charge in [0.2, 0.25) is 0 Å². The molecule has 1 aromatic rings. The minimum atomic E-state index is -0.670. The standard InChI is InChI=1S/C13H18O2/c1-9-8-11(6-7-12(9)15-3)13(2,14)10-4-5-10/h6-8,10,14H,4-5H2,1-3H3/t13-/m1/s1. The molecule has 0 radical (unpaired) electrons. The zero-order chi connectivity index (χ0) is 11.1. The van der Waals surface area contributed by atoms with Gasteiger partial charge >= 0.3 is 0 Å². The average molecular weight is 206 g/mol. The first-order valence-electron chi connectivity index (χ1n) is 5.43. The van der Waals surface area contributed by atoms with Crippen LogP contribution in [0.15, 0.2) is 18.2 Å². The molecule has 1 atom stereocenters. The van der Waals surface area contributed by atoms with Crippen molar-refractivity contribution in [3.8, 4) is 5.75 Å². The highest BCUT2D eigenvalue weighted by Crippen LogP contribution is 2.45. The van der Waals surface area contributed by atoms with Gasteiger partial charge in [0.15, 0.2) is 0 Å². The second-order valence-electron chi connectivity index (χ2n) is 4.61. The van der Waals surface area contributed by atoms with Crippen molar-refractivity contribution in [3.63, 3.8) is 0 Å². The number of ether oxygens (including phenoxy) is 1. The predicted octanol–water partition coefficient (Wildman–Crippen LogP) is 2.62. The molecule has 82 valence electrons. The van der Waals surface area contributed by atoms with Crippen LogP contribution in [0.25, 0.3) is 0 Å². The highest BCUT2D eigenvalue weighted by molar-refractivity contribution is 5.38. The van der Waals surface area contributed by atoms with Crippen LogP contribution in [0.3, 0.4) is 0 Å². The zero-order valence-electron chi connectivity index (χ0n) is 9.58. The van der Waals surface area contributed by atoms with E-state index in [9.17, 15) is 5.11 Å². The summed E-state index contributed by atoms with van der Waals surface area (Å²) in [6, 6.07) is 5.92. The number of hydrogen-bond donors (Lipinski definition) is 1. The van der Waals surface area contributed by atoms with Crippen LogP contribution in [0, 0.1) is 12.8 Å². The fraction of sp³-hybridized carbons (Fsp3) is 0.538. The maximum Gasteiger partial charge on any atom is 0.121 e. The smallest absolute Gasteiger partial charge is 0.121 e. The minimum absolute atomic E-state index is 0.435. The summed E-state index contributed by atoms with van der Waals surface area (Å²) in [5.74, 6) is 1.32. The highest BCUT2D eigenvalue weighted by atomic mass is 16.5. The van der Waals surface area contributed by atoms with Gasteiger partial charge in [0.05, 0.1) is 12.7 Å². The van der Waals surface area contributed by atoms with E-state index in [1.54, 1.807) is 7.11 Å². The molecular weight excluding hydrogens is 188 g/mol. The number of rotatable bonds is 3. The maximum atomic E-state index is 10.4. The van der Waals surface area contributed by atoms with E-state index in [0.29, 0.717) is 5.92 Å². The Morgan fingerprint density at radius 1 is 1.40 bits per heavy atom. The first-order chi connectivity index (χ1) is 7.05. The van der Waals surface area contributed by atoms with Crippen molar-refractivity contribution in [2.45, 2.75) is 32.3 Å². The largest absolute Gasteiger partial charge is 0.496 e. The van der Waals surface area contributed by atoms with Gasteiger partial charge in [-0.15, -0.1) is 0 Å². The van der Waals surface area contributed by atoms with Crippen molar-refractivity contribution in [1.82, 2.24) is 0 Å². The topological polar surface area (TPSA) is 29.5 Å². The quantitative estimate of drug-likeness (QED) is 0.823. The fourth-order valence-corrected chi connectivity index (χ4v) is 2.07. The third-order valence-corrected chi connectivity index (χ3v) is 3.35. The molecule has 1 aliphatic carbocycles. The number of aliphatic hydroxyl groups is 1.